The Balaban J connectivity index is 2.57. The molecule has 0 aliphatic heterocycles. The maximum Gasteiger partial charge on any atom is 0.408 e. The van der Waals surface area contributed by atoms with Gasteiger partial charge in [0.1, 0.15) is 24.2 Å². The Morgan fingerprint density at radius 3 is 2.13 bits per heavy atom. The predicted octanol–water partition coefficient (Wildman–Crippen LogP) is 4.75. The summed E-state index contributed by atoms with van der Waals surface area (Å²) in [6.45, 7) is 14.3. The molecule has 2 unspecified atom stereocenters. The van der Waals surface area contributed by atoms with Crippen LogP contribution >= 0.6 is 0 Å². The topological polar surface area (TPSA) is 112 Å². The van der Waals surface area contributed by atoms with E-state index in [-0.39, 0.29) is 13.0 Å². The van der Waals surface area contributed by atoms with Crippen molar-refractivity contribution in [3.05, 3.63) is 70.8 Å². The van der Waals surface area contributed by atoms with Crippen LogP contribution < -0.4 is 10.6 Å². The second-order valence-corrected chi connectivity index (χ2v) is 11.5. The van der Waals surface area contributed by atoms with Crippen LogP contribution in [0.4, 0.5) is 4.79 Å². The molecular weight excluding hydrogens is 480 g/mol. The fraction of sp³-hybridized carbons (Fsp3) is 0.467. The minimum atomic E-state index is -1.08. The molecule has 204 valence electrons. The number of amides is 3. The van der Waals surface area contributed by atoms with E-state index in [1.807, 2.05) is 83.2 Å². The average Bonchev–Trinajstić information content (AvgIpc) is 2.78. The van der Waals surface area contributed by atoms with Crippen molar-refractivity contribution in [3.63, 3.8) is 0 Å². The highest BCUT2D eigenvalue weighted by Gasteiger charge is 2.37. The van der Waals surface area contributed by atoms with Gasteiger partial charge in [0.2, 0.25) is 11.8 Å². The largest absolute Gasteiger partial charge is 0.444 e. The van der Waals surface area contributed by atoms with Crippen molar-refractivity contribution in [2.45, 2.75) is 85.0 Å². The van der Waals surface area contributed by atoms with Crippen LogP contribution in [-0.2, 0) is 20.7 Å². The summed E-state index contributed by atoms with van der Waals surface area (Å²) in [6, 6.07) is 14.6. The van der Waals surface area contributed by atoms with Crippen LogP contribution in [0.1, 0.15) is 69.8 Å². The molecule has 38 heavy (non-hydrogen) atoms. The zero-order chi connectivity index (χ0) is 28.7. The number of nitrogens with one attached hydrogen (secondary N) is 2. The van der Waals surface area contributed by atoms with E-state index in [4.69, 9.17) is 4.74 Å². The number of carbonyl (C=O) groups is 3. The number of alkyl carbamates (subject to hydrolysis) is 1. The number of nitrogens with zero attached hydrogens (tertiary/aromatic N) is 2. The van der Waals surface area contributed by atoms with Gasteiger partial charge in [0, 0.05) is 12.0 Å². The second-order valence-electron chi connectivity index (χ2n) is 11.5. The number of nitriles is 1. The molecule has 0 aliphatic carbocycles. The Bertz CT molecular complexity index is 1170. The first kappa shape index (κ1) is 30.4. The monoisotopic (exact) mass is 520 g/mol. The van der Waals surface area contributed by atoms with Crippen molar-refractivity contribution in [1.82, 2.24) is 15.5 Å². The Labute approximate surface area is 226 Å². The van der Waals surface area contributed by atoms with Gasteiger partial charge in [-0.1, -0.05) is 48.5 Å². The smallest absolute Gasteiger partial charge is 0.408 e. The molecule has 0 saturated carbocycles. The zero-order valence-electron chi connectivity index (χ0n) is 23.7. The van der Waals surface area contributed by atoms with Gasteiger partial charge in [-0.2, -0.15) is 5.26 Å². The average molecular weight is 521 g/mol. The Hall–Kier alpha value is -3.86. The van der Waals surface area contributed by atoms with Crippen LogP contribution in [0.3, 0.4) is 0 Å². The molecule has 2 aromatic carbocycles. The number of aryl methyl sites for hydroxylation is 2. The second kappa shape index (κ2) is 12.6. The summed E-state index contributed by atoms with van der Waals surface area (Å²) in [6.07, 6.45) is -0.605. The minimum Gasteiger partial charge on any atom is -0.444 e. The number of carbonyl (C=O) groups excluding carboxylic acids is 3. The van der Waals surface area contributed by atoms with Crippen molar-refractivity contribution in [3.8, 4) is 6.07 Å². The quantitative estimate of drug-likeness (QED) is 0.488. The third-order valence-electron chi connectivity index (χ3n) is 5.70. The van der Waals surface area contributed by atoms with Crippen molar-refractivity contribution < 1.29 is 19.1 Å². The maximum absolute atomic E-state index is 14.1. The van der Waals surface area contributed by atoms with E-state index in [0.717, 1.165) is 16.7 Å². The van der Waals surface area contributed by atoms with E-state index < -0.39 is 41.1 Å². The van der Waals surface area contributed by atoms with E-state index >= 15 is 0 Å². The minimum absolute atomic E-state index is 0.154. The van der Waals surface area contributed by atoms with Crippen molar-refractivity contribution in [2.75, 3.05) is 6.54 Å². The molecule has 2 N–H and O–H groups in total. The van der Waals surface area contributed by atoms with Crippen molar-refractivity contribution >= 4 is 17.9 Å². The molecule has 2 aromatic rings. The van der Waals surface area contributed by atoms with E-state index in [1.165, 1.54) is 4.90 Å². The van der Waals surface area contributed by atoms with Crippen LogP contribution in [-0.4, -0.2) is 46.5 Å². The third-order valence-corrected chi connectivity index (χ3v) is 5.70. The van der Waals surface area contributed by atoms with Gasteiger partial charge < -0.3 is 20.3 Å². The fourth-order valence-corrected chi connectivity index (χ4v) is 3.92. The molecule has 0 radical (unpaired) electrons. The molecule has 8 nitrogen and oxygen atoms in total. The SMILES string of the molecule is Cc1ccc(C(C(=O)NC(C)(C)C)N(CC#N)C(=O)C(Cc2ccccc2)NC(=O)OC(C)(C)C)cc1C. The maximum atomic E-state index is 14.1. The van der Waals surface area contributed by atoms with Gasteiger partial charge in [-0.25, -0.2) is 4.79 Å². The van der Waals surface area contributed by atoms with Gasteiger partial charge in [-0.05, 0) is 77.6 Å². The molecule has 0 aliphatic rings. The first-order valence-corrected chi connectivity index (χ1v) is 12.7. The lowest BCUT2D eigenvalue weighted by molar-refractivity contribution is -0.142. The summed E-state index contributed by atoms with van der Waals surface area (Å²) < 4.78 is 5.42. The van der Waals surface area contributed by atoms with E-state index in [1.54, 1.807) is 26.8 Å². The van der Waals surface area contributed by atoms with E-state index in [0.29, 0.717) is 5.56 Å². The molecule has 0 heterocycles. The summed E-state index contributed by atoms with van der Waals surface area (Å²) in [5.74, 6) is -0.978. The molecule has 0 bridgehead atoms. The number of ether oxygens (including phenoxy) is 1. The lowest BCUT2D eigenvalue weighted by atomic mass is 9.96. The molecule has 3 amide bonds. The standard InChI is InChI=1S/C30H40N4O4/c1-20-14-15-23(18-21(20)2)25(26(35)33-29(3,4)5)34(17-16-31)27(36)24(19-22-12-10-9-11-13-22)32-28(37)38-30(6,7)8/h9-15,18,24-25H,17,19H2,1-8H3,(H,32,37)(H,33,35). The highest BCUT2D eigenvalue weighted by Crippen LogP contribution is 2.26. The van der Waals surface area contributed by atoms with Crippen LogP contribution in [0.5, 0.6) is 0 Å². The lowest BCUT2D eigenvalue weighted by Crippen LogP contribution is -2.55. The predicted molar refractivity (Wildman–Crippen MR) is 147 cm³/mol. The molecule has 2 atom stereocenters. The summed E-state index contributed by atoms with van der Waals surface area (Å²) >= 11 is 0. The first-order valence-electron chi connectivity index (χ1n) is 12.7. The molecule has 0 spiro atoms. The van der Waals surface area contributed by atoms with Gasteiger partial charge in [-0.3, -0.25) is 9.59 Å². The highest BCUT2D eigenvalue weighted by molar-refractivity contribution is 5.92. The molecule has 8 heteroatoms. The van der Waals surface area contributed by atoms with E-state index in [2.05, 4.69) is 10.6 Å². The van der Waals surface area contributed by atoms with Crippen molar-refractivity contribution in [2.24, 2.45) is 0 Å². The van der Waals surface area contributed by atoms with Gasteiger partial charge in [-0.15, -0.1) is 0 Å². The number of rotatable bonds is 8. The number of hydrogen-bond acceptors (Lipinski definition) is 5. The van der Waals surface area contributed by atoms with Gasteiger partial charge >= 0.3 is 6.09 Å². The third kappa shape index (κ3) is 9.22. The van der Waals surface area contributed by atoms with Crippen LogP contribution in [0.25, 0.3) is 0 Å². The molecule has 0 saturated heterocycles. The van der Waals surface area contributed by atoms with Crippen LogP contribution in [0.15, 0.2) is 48.5 Å². The van der Waals surface area contributed by atoms with Gasteiger partial charge in [0.05, 0.1) is 6.07 Å². The fourth-order valence-electron chi connectivity index (χ4n) is 3.92. The highest BCUT2D eigenvalue weighted by atomic mass is 16.6. The molecule has 0 aromatic heterocycles. The summed E-state index contributed by atoms with van der Waals surface area (Å²) in [5, 5.41) is 15.3. The van der Waals surface area contributed by atoms with Gasteiger partial charge in [0.25, 0.3) is 0 Å². The first-order chi connectivity index (χ1) is 17.6. The summed E-state index contributed by atoms with van der Waals surface area (Å²) in [5.41, 5.74) is 2.03. The molecule has 2 rings (SSSR count). The number of hydrogen-bond donors (Lipinski definition) is 2. The zero-order valence-corrected chi connectivity index (χ0v) is 23.7. The number of benzene rings is 2. The van der Waals surface area contributed by atoms with Crippen molar-refractivity contribution in [1.29, 1.82) is 5.26 Å². The summed E-state index contributed by atoms with van der Waals surface area (Å²) in [4.78, 5) is 41.7. The Morgan fingerprint density at radius 1 is 0.974 bits per heavy atom. The van der Waals surface area contributed by atoms with Gasteiger partial charge in [0.15, 0.2) is 0 Å². The summed E-state index contributed by atoms with van der Waals surface area (Å²) in [7, 11) is 0. The van der Waals surface area contributed by atoms with Crippen LogP contribution in [0.2, 0.25) is 0 Å². The van der Waals surface area contributed by atoms with E-state index in [9.17, 15) is 19.6 Å². The lowest BCUT2D eigenvalue weighted by Gasteiger charge is -2.35. The molecular formula is C30H40N4O4. The van der Waals surface area contributed by atoms with Crippen LogP contribution in [0, 0.1) is 25.2 Å². The Morgan fingerprint density at radius 2 is 1.61 bits per heavy atom. The Kier molecular flexibility index (Phi) is 10.1. The molecule has 0 fully saturated rings. The normalized spacial score (nSPS) is 13.0.